The van der Waals surface area contributed by atoms with Crippen molar-refractivity contribution in [3.8, 4) is 0 Å². The van der Waals surface area contributed by atoms with Crippen molar-refractivity contribution in [2.75, 3.05) is 0 Å². The van der Waals surface area contributed by atoms with Crippen molar-refractivity contribution in [3.63, 3.8) is 0 Å². The first-order valence-corrected chi connectivity index (χ1v) is 4.99. The van der Waals surface area contributed by atoms with Crippen LogP contribution in [-0.2, 0) is 26.6 Å². The Morgan fingerprint density at radius 1 is 1.40 bits per heavy atom. The maximum Gasteiger partial charge on any atom is 0.0760 e. The second-order valence-corrected chi connectivity index (χ2v) is 3.47. The summed E-state index contributed by atoms with van der Waals surface area (Å²) in [7, 11) is 1.95. The molecule has 2 aromatic rings. The summed E-state index contributed by atoms with van der Waals surface area (Å²) >= 11 is 0. The lowest BCUT2D eigenvalue weighted by molar-refractivity contribution is 0.580. The molecule has 0 aromatic carbocycles. The van der Waals surface area contributed by atoms with Gasteiger partial charge in [0.15, 0.2) is 0 Å². The number of nitrogens with two attached hydrogens (primary N) is 1. The number of aromatic nitrogens is 4. The largest absolute Gasteiger partial charge is 0.325 e. The molecule has 2 aromatic heterocycles. The average molecular weight is 205 g/mol. The van der Waals surface area contributed by atoms with Gasteiger partial charge in [-0.15, -0.1) is 0 Å². The Labute approximate surface area is 88.5 Å². The Morgan fingerprint density at radius 3 is 2.87 bits per heavy atom. The zero-order chi connectivity index (χ0) is 10.7. The summed E-state index contributed by atoms with van der Waals surface area (Å²) < 4.78 is 3.79. The van der Waals surface area contributed by atoms with Gasteiger partial charge in [0.1, 0.15) is 0 Å². The molecular weight excluding hydrogens is 190 g/mol. The van der Waals surface area contributed by atoms with Crippen LogP contribution in [0, 0.1) is 0 Å². The van der Waals surface area contributed by atoms with E-state index >= 15 is 0 Å². The highest BCUT2D eigenvalue weighted by molar-refractivity contribution is 5.01. The van der Waals surface area contributed by atoms with Crippen molar-refractivity contribution in [1.29, 1.82) is 0 Å². The highest BCUT2D eigenvalue weighted by Gasteiger charge is 2.00. The number of nitrogens with zero attached hydrogens (tertiary/aromatic N) is 4. The van der Waals surface area contributed by atoms with Crippen LogP contribution in [0.25, 0.3) is 0 Å². The van der Waals surface area contributed by atoms with E-state index in [-0.39, 0.29) is 0 Å². The summed E-state index contributed by atoms with van der Waals surface area (Å²) in [5, 5.41) is 8.44. The molecule has 0 saturated heterocycles. The smallest absolute Gasteiger partial charge is 0.0760 e. The van der Waals surface area contributed by atoms with Crippen molar-refractivity contribution >= 4 is 0 Å². The lowest BCUT2D eigenvalue weighted by atomic mass is 10.3. The van der Waals surface area contributed by atoms with Crippen LogP contribution in [0.5, 0.6) is 0 Å². The summed E-state index contributed by atoms with van der Waals surface area (Å²) in [6, 6.07) is 3.97. The van der Waals surface area contributed by atoms with Crippen LogP contribution in [-0.4, -0.2) is 19.6 Å². The molecule has 0 aliphatic carbocycles. The molecule has 2 heterocycles. The zero-order valence-electron chi connectivity index (χ0n) is 8.80. The van der Waals surface area contributed by atoms with E-state index in [4.69, 9.17) is 5.73 Å². The van der Waals surface area contributed by atoms with E-state index in [1.54, 1.807) is 0 Å². The summed E-state index contributed by atoms with van der Waals surface area (Å²) in [6.45, 7) is 1.36. The highest BCUT2D eigenvalue weighted by atomic mass is 15.3. The van der Waals surface area contributed by atoms with Crippen LogP contribution >= 0.6 is 0 Å². The van der Waals surface area contributed by atoms with Gasteiger partial charge in [-0.2, -0.15) is 10.2 Å². The number of rotatable bonds is 4. The fourth-order valence-electron chi connectivity index (χ4n) is 1.51. The van der Waals surface area contributed by atoms with Gasteiger partial charge in [-0.3, -0.25) is 9.36 Å². The highest BCUT2D eigenvalue weighted by Crippen LogP contribution is 2.01. The van der Waals surface area contributed by atoms with Gasteiger partial charge in [-0.1, -0.05) is 0 Å². The third-order valence-electron chi connectivity index (χ3n) is 2.42. The predicted molar refractivity (Wildman–Crippen MR) is 57.0 cm³/mol. The predicted octanol–water partition coefficient (Wildman–Crippen LogP) is 0.318. The molecule has 5 heteroatoms. The van der Waals surface area contributed by atoms with Crippen molar-refractivity contribution in [2.45, 2.75) is 19.5 Å². The van der Waals surface area contributed by atoms with Crippen LogP contribution in [0.2, 0.25) is 0 Å². The average Bonchev–Trinajstić information content (AvgIpc) is 2.84. The minimum absolute atomic E-state index is 0.499. The molecule has 0 amide bonds. The second kappa shape index (κ2) is 4.27. The van der Waals surface area contributed by atoms with Gasteiger partial charge in [0.25, 0.3) is 0 Å². The molecule has 0 spiro atoms. The zero-order valence-corrected chi connectivity index (χ0v) is 8.80. The van der Waals surface area contributed by atoms with Crippen molar-refractivity contribution in [2.24, 2.45) is 12.8 Å². The minimum Gasteiger partial charge on any atom is -0.325 e. The van der Waals surface area contributed by atoms with Gasteiger partial charge in [0.05, 0.1) is 5.69 Å². The lowest BCUT2D eigenvalue weighted by Crippen LogP contribution is -2.07. The van der Waals surface area contributed by atoms with Gasteiger partial charge >= 0.3 is 0 Å². The molecule has 80 valence electrons. The number of hydrogen-bond donors (Lipinski definition) is 1. The lowest BCUT2D eigenvalue weighted by Gasteiger charge is -2.02. The van der Waals surface area contributed by atoms with Crippen molar-refractivity contribution in [3.05, 3.63) is 35.9 Å². The fourth-order valence-corrected chi connectivity index (χ4v) is 1.51. The summed E-state index contributed by atoms with van der Waals surface area (Å²) in [4.78, 5) is 0. The molecule has 15 heavy (non-hydrogen) atoms. The van der Waals surface area contributed by atoms with Gasteiger partial charge < -0.3 is 5.73 Å². The third kappa shape index (κ3) is 2.24. The Morgan fingerprint density at radius 2 is 2.27 bits per heavy atom. The molecule has 0 bridgehead atoms. The first-order valence-electron chi connectivity index (χ1n) is 4.99. The molecule has 0 aliphatic heterocycles. The molecule has 0 aliphatic rings. The van der Waals surface area contributed by atoms with Crippen molar-refractivity contribution < 1.29 is 0 Å². The van der Waals surface area contributed by atoms with Gasteiger partial charge in [-0.05, 0) is 12.1 Å². The normalized spacial score (nSPS) is 10.8. The fraction of sp³-hybridized carbons (Fsp3) is 0.400. The van der Waals surface area contributed by atoms with Crippen LogP contribution in [0.3, 0.4) is 0 Å². The molecule has 2 N–H and O–H groups in total. The van der Waals surface area contributed by atoms with Gasteiger partial charge in [0.2, 0.25) is 0 Å². The monoisotopic (exact) mass is 205 g/mol. The van der Waals surface area contributed by atoms with Gasteiger partial charge in [-0.25, -0.2) is 0 Å². The maximum atomic E-state index is 5.49. The Balaban J connectivity index is 1.96. The second-order valence-electron chi connectivity index (χ2n) is 3.47. The van der Waals surface area contributed by atoms with E-state index in [9.17, 15) is 0 Å². The van der Waals surface area contributed by atoms with E-state index in [1.165, 1.54) is 5.69 Å². The summed E-state index contributed by atoms with van der Waals surface area (Å²) in [6.07, 6.45) is 4.70. The van der Waals surface area contributed by atoms with E-state index < -0.39 is 0 Å². The van der Waals surface area contributed by atoms with Crippen LogP contribution < -0.4 is 5.73 Å². The van der Waals surface area contributed by atoms with Gasteiger partial charge in [0, 0.05) is 44.6 Å². The topological polar surface area (TPSA) is 61.7 Å². The number of aryl methyl sites for hydroxylation is 3. The van der Waals surface area contributed by atoms with Crippen molar-refractivity contribution in [1.82, 2.24) is 19.6 Å². The standard InChI is InChI=1S/C10H15N5/c1-14-10(2-5-12-14)4-7-15-6-3-9(8-11)13-15/h2-3,5-6H,4,7-8,11H2,1H3. The van der Waals surface area contributed by atoms with Crippen LogP contribution in [0.4, 0.5) is 0 Å². The van der Waals surface area contributed by atoms with E-state index in [0.717, 1.165) is 18.7 Å². The van der Waals surface area contributed by atoms with E-state index in [0.29, 0.717) is 6.54 Å². The first-order chi connectivity index (χ1) is 7.29. The molecule has 0 radical (unpaired) electrons. The summed E-state index contributed by atoms with van der Waals surface area (Å²) in [5.41, 5.74) is 7.63. The minimum atomic E-state index is 0.499. The molecule has 0 saturated carbocycles. The molecule has 0 fully saturated rings. The van der Waals surface area contributed by atoms with Crippen LogP contribution in [0.15, 0.2) is 24.5 Å². The molecule has 2 rings (SSSR count). The van der Waals surface area contributed by atoms with Crippen LogP contribution in [0.1, 0.15) is 11.4 Å². The Kier molecular flexibility index (Phi) is 2.82. The molecule has 5 nitrogen and oxygen atoms in total. The SMILES string of the molecule is Cn1nccc1CCn1ccc(CN)n1. The first kappa shape index (κ1) is 9.92. The Hall–Kier alpha value is -1.62. The maximum absolute atomic E-state index is 5.49. The quantitative estimate of drug-likeness (QED) is 0.781. The Bertz CT molecular complexity index is 428. The third-order valence-corrected chi connectivity index (χ3v) is 2.42. The molecule has 0 unspecified atom stereocenters. The number of hydrogen-bond acceptors (Lipinski definition) is 3. The van der Waals surface area contributed by atoms with E-state index in [1.807, 2.05) is 40.9 Å². The molecular formula is C10H15N5. The molecule has 0 atom stereocenters. The van der Waals surface area contributed by atoms with E-state index in [2.05, 4.69) is 10.2 Å². The summed E-state index contributed by atoms with van der Waals surface area (Å²) in [5.74, 6) is 0.